The fourth-order valence-corrected chi connectivity index (χ4v) is 3.05. The number of hydrogen-bond acceptors (Lipinski definition) is 3. The van der Waals surface area contributed by atoms with E-state index in [-0.39, 0.29) is 12.5 Å². The summed E-state index contributed by atoms with van der Waals surface area (Å²) in [6.07, 6.45) is 0.597. The van der Waals surface area contributed by atoms with Crippen LogP contribution in [0.5, 0.6) is 0 Å². The molecule has 0 spiro atoms. The Morgan fingerprint density at radius 3 is 2.10 bits per heavy atom. The van der Waals surface area contributed by atoms with Crippen LogP contribution >= 0.6 is 0 Å². The molecule has 0 saturated carbocycles. The van der Waals surface area contributed by atoms with Gasteiger partial charge in [0, 0.05) is 12.6 Å². The second-order valence-corrected chi connectivity index (χ2v) is 6.37. The molecule has 0 saturated heterocycles. The normalized spacial score (nSPS) is 13.7. The summed E-state index contributed by atoms with van der Waals surface area (Å²) in [5.41, 5.74) is 0. The van der Waals surface area contributed by atoms with Crippen molar-refractivity contribution in [1.82, 2.24) is 4.72 Å². The van der Waals surface area contributed by atoms with Gasteiger partial charge in [0.2, 0.25) is 10.0 Å². The van der Waals surface area contributed by atoms with E-state index in [2.05, 4.69) is 4.72 Å². The van der Waals surface area contributed by atoms with E-state index in [1.165, 1.54) is 0 Å². The molecule has 4 nitrogen and oxygen atoms in total. The van der Waals surface area contributed by atoms with E-state index < -0.39 is 32.7 Å². The Bertz CT molecular complexity index is 524. The molecule has 0 aliphatic carbocycles. The van der Waals surface area contributed by atoms with E-state index in [0.29, 0.717) is 18.9 Å². The van der Waals surface area contributed by atoms with Gasteiger partial charge in [0.05, 0.1) is 11.0 Å². The van der Waals surface area contributed by atoms with Gasteiger partial charge in [-0.25, -0.2) is 21.9 Å². The zero-order valence-corrected chi connectivity index (χ0v) is 12.3. The molecule has 0 fully saturated rings. The number of halogens is 2. The zero-order chi connectivity index (χ0) is 15.3. The van der Waals surface area contributed by atoms with Crippen molar-refractivity contribution in [3.63, 3.8) is 0 Å². The van der Waals surface area contributed by atoms with Crippen molar-refractivity contribution in [2.75, 3.05) is 6.54 Å². The summed E-state index contributed by atoms with van der Waals surface area (Å²) in [4.78, 5) is -0.494. The minimum atomic E-state index is -4.04. The Labute approximate surface area is 117 Å². The van der Waals surface area contributed by atoms with Crippen LogP contribution in [-0.4, -0.2) is 26.2 Å². The maximum atomic E-state index is 13.0. The third-order valence-corrected chi connectivity index (χ3v) is 4.62. The Morgan fingerprint density at radius 2 is 1.65 bits per heavy atom. The van der Waals surface area contributed by atoms with Gasteiger partial charge in [0.25, 0.3) is 0 Å². The molecule has 0 radical (unpaired) electrons. The van der Waals surface area contributed by atoms with Gasteiger partial charge in [-0.15, -0.1) is 0 Å². The first kappa shape index (κ1) is 17.0. The van der Waals surface area contributed by atoms with Gasteiger partial charge in [-0.2, -0.15) is 0 Å². The maximum Gasteiger partial charge on any atom is 0.240 e. The topological polar surface area (TPSA) is 66.4 Å². The van der Waals surface area contributed by atoms with E-state index in [1.807, 2.05) is 13.8 Å². The third kappa shape index (κ3) is 4.50. The van der Waals surface area contributed by atoms with Crippen LogP contribution in [0.2, 0.25) is 0 Å². The Morgan fingerprint density at radius 1 is 1.15 bits per heavy atom. The highest BCUT2D eigenvalue weighted by Gasteiger charge is 2.21. The molecule has 1 aromatic carbocycles. The minimum Gasteiger partial charge on any atom is -0.391 e. The Balaban J connectivity index is 2.80. The third-order valence-electron chi connectivity index (χ3n) is 3.22. The van der Waals surface area contributed by atoms with Crippen molar-refractivity contribution in [3.05, 3.63) is 29.8 Å². The van der Waals surface area contributed by atoms with Crippen LogP contribution in [0.3, 0.4) is 0 Å². The molecule has 1 unspecified atom stereocenters. The van der Waals surface area contributed by atoms with E-state index >= 15 is 0 Å². The van der Waals surface area contributed by atoms with Crippen molar-refractivity contribution in [1.29, 1.82) is 0 Å². The summed E-state index contributed by atoms with van der Waals surface area (Å²) in [5, 5.41) is 9.85. The number of aliphatic hydroxyl groups is 1. The lowest BCUT2D eigenvalue weighted by Crippen LogP contribution is -2.36. The van der Waals surface area contributed by atoms with E-state index in [9.17, 15) is 22.3 Å². The average Bonchev–Trinajstić information content (AvgIpc) is 2.37. The van der Waals surface area contributed by atoms with Crippen molar-refractivity contribution in [2.24, 2.45) is 5.92 Å². The second kappa shape index (κ2) is 7.10. The molecular weight excluding hydrogens is 288 g/mol. The van der Waals surface area contributed by atoms with Gasteiger partial charge in [0.15, 0.2) is 0 Å². The number of sulfonamides is 1. The standard InChI is InChI=1S/C13H19F2NO3S/c1-3-9(4-2)13(17)8-16-20(18,19)12-6-10(14)5-11(15)7-12/h5-7,9,13,16-17H,3-4,8H2,1-2H3. The number of nitrogens with one attached hydrogen (secondary N) is 1. The molecule has 0 amide bonds. The molecular formula is C13H19F2NO3S. The van der Waals surface area contributed by atoms with E-state index in [4.69, 9.17) is 0 Å². The molecule has 1 aromatic rings. The second-order valence-electron chi connectivity index (χ2n) is 4.60. The lowest BCUT2D eigenvalue weighted by Gasteiger charge is -2.20. The van der Waals surface area contributed by atoms with Crippen molar-refractivity contribution < 1.29 is 22.3 Å². The summed E-state index contributed by atoms with van der Waals surface area (Å²) in [6.45, 7) is 3.61. The summed E-state index contributed by atoms with van der Waals surface area (Å²) < 4.78 is 52.0. The quantitative estimate of drug-likeness (QED) is 0.810. The monoisotopic (exact) mass is 307 g/mol. The smallest absolute Gasteiger partial charge is 0.240 e. The first-order valence-corrected chi connectivity index (χ1v) is 7.92. The fraction of sp³-hybridized carbons (Fsp3) is 0.538. The predicted molar refractivity (Wildman–Crippen MR) is 71.6 cm³/mol. The van der Waals surface area contributed by atoms with Gasteiger partial charge >= 0.3 is 0 Å². The molecule has 20 heavy (non-hydrogen) atoms. The maximum absolute atomic E-state index is 13.0. The van der Waals surface area contributed by atoms with Crippen LogP contribution in [0.4, 0.5) is 8.78 Å². The zero-order valence-electron chi connectivity index (χ0n) is 11.4. The van der Waals surface area contributed by atoms with Gasteiger partial charge in [0.1, 0.15) is 11.6 Å². The molecule has 0 aliphatic rings. The van der Waals surface area contributed by atoms with Crippen LogP contribution in [0.1, 0.15) is 26.7 Å². The lowest BCUT2D eigenvalue weighted by atomic mass is 9.97. The minimum absolute atomic E-state index is 0.0260. The summed E-state index contributed by atoms with van der Waals surface area (Å²) >= 11 is 0. The first-order chi connectivity index (χ1) is 9.30. The van der Waals surface area contributed by atoms with E-state index in [1.54, 1.807) is 0 Å². The SMILES string of the molecule is CCC(CC)C(O)CNS(=O)(=O)c1cc(F)cc(F)c1. The van der Waals surface area contributed by atoms with Crippen LogP contribution in [0.25, 0.3) is 0 Å². The molecule has 2 N–H and O–H groups in total. The van der Waals surface area contributed by atoms with Crippen LogP contribution in [0, 0.1) is 17.6 Å². The Kier molecular flexibility index (Phi) is 6.04. The van der Waals surface area contributed by atoms with Gasteiger partial charge in [-0.1, -0.05) is 26.7 Å². The molecule has 1 rings (SSSR count). The fourth-order valence-electron chi connectivity index (χ4n) is 1.96. The predicted octanol–water partition coefficient (Wildman–Crippen LogP) is 2.04. The van der Waals surface area contributed by atoms with Crippen LogP contribution in [0.15, 0.2) is 23.1 Å². The van der Waals surface area contributed by atoms with Gasteiger partial charge in [-0.05, 0) is 18.1 Å². The molecule has 0 aromatic heterocycles. The number of benzene rings is 1. The molecule has 1 atom stereocenters. The highest BCUT2D eigenvalue weighted by atomic mass is 32.2. The number of hydrogen-bond donors (Lipinski definition) is 2. The lowest BCUT2D eigenvalue weighted by molar-refractivity contribution is 0.107. The van der Waals surface area contributed by atoms with Gasteiger partial charge < -0.3 is 5.11 Å². The Hall–Kier alpha value is -1.05. The van der Waals surface area contributed by atoms with E-state index in [0.717, 1.165) is 12.1 Å². The van der Waals surface area contributed by atoms with Crippen molar-refractivity contribution >= 4 is 10.0 Å². The summed E-state index contributed by atoms with van der Waals surface area (Å²) in [5.74, 6) is -1.96. The van der Waals surface area contributed by atoms with Gasteiger partial charge in [-0.3, -0.25) is 0 Å². The first-order valence-electron chi connectivity index (χ1n) is 6.44. The van der Waals surface area contributed by atoms with Crippen LogP contribution < -0.4 is 4.72 Å². The highest BCUT2D eigenvalue weighted by molar-refractivity contribution is 7.89. The van der Waals surface area contributed by atoms with Crippen molar-refractivity contribution in [2.45, 2.75) is 37.7 Å². The summed E-state index contributed by atoms with van der Waals surface area (Å²) in [7, 11) is -4.04. The molecule has 114 valence electrons. The molecule has 0 aliphatic heterocycles. The number of aliphatic hydroxyl groups excluding tert-OH is 1. The highest BCUT2D eigenvalue weighted by Crippen LogP contribution is 2.15. The van der Waals surface area contributed by atoms with Crippen LogP contribution in [-0.2, 0) is 10.0 Å². The van der Waals surface area contributed by atoms with Crippen molar-refractivity contribution in [3.8, 4) is 0 Å². The number of rotatable bonds is 7. The molecule has 7 heteroatoms. The molecule has 0 heterocycles. The average molecular weight is 307 g/mol. The largest absolute Gasteiger partial charge is 0.391 e. The summed E-state index contributed by atoms with van der Waals surface area (Å²) in [6, 6.07) is 2.06. The molecule has 0 bridgehead atoms.